The van der Waals surface area contributed by atoms with Crippen molar-refractivity contribution in [3.05, 3.63) is 19.0 Å². The highest BCUT2D eigenvalue weighted by atomic mass is 16.5. The van der Waals surface area contributed by atoms with Crippen LogP contribution in [0.1, 0.15) is 6.92 Å². The lowest BCUT2D eigenvalue weighted by Gasteiger charge is -2.11. The van der Waals surface area contributed by atoms with Gasteiger partial charge in [-0.2, -0.15) is 9.78 Å². The first-order valence-corrected chi connectivity index (χ1v) is 4.84. The van der Waals surface area contributed by atoms with Crippen LogP contribution in [0.2, 0.25) is 0 Å². The van der Waals surface area contributed by atoms with Crippen LogP contribution in [0.25, 0.3) is 5.82 Å². The van der Waals surface area contributed by atoms with Crippen molar-refractivity contribution in [2.75, 3.05) is 19.0 Å². The molecule has 2 aromatic heterocycles. The molecule has 2 heterocycles. The molecule has 0 aromatic carbocycles. The normalized spacial score (nSPS) is 10.1. The molecular weight excluding hydrogens is 208 g/mol. The van der Waals surface area contributed by atoms with Crippen LogP contribution in [0.15, 0.2) is 19.0 Å². The Morgan fingerprint density at radius 2 is 2.25 bits per heavy atom. The van der Waals surface area contributed by atoms with E-state index in [1.54, 1.807) is 13.4 Å². The highest BCUT2D eigenvalue weighted by Gasteiger charge is 2.13. The van der Waals surface area contributed by atoms with Crippen molar-refractivity contribution in [3.8, 4) is 11.6 Å². The van der Waals surface area contributed by atoms with E-state index in [4.69, 9.17) is 4.74 Å². The molecule has 0 aliphatic heterocycles. The average Bonchev–Trinajstić information content (AvgIpc) is 2.82. The summed E-state index contributed by atoms with van der Waals surface area (Å²) in [6.07, 6.45) is 4.45. The van der Waals surface area contributed by atoms with E-state index in [-0.39, 0.29) is 0 Å². The van der Waals surface area contributed by atoms with Gasteiger partial charge < -0.3 is 10.1 Å². The van der Waals surface area contributed by atoms with E-state index in [0.717, 1.165) is 6.54 Å². The largest absolute Gasteiger partial charge is 0.490 e. The third-order valence-corrected chi connectivity index (χ3v) is 1.97. The smallest absolute Gasteiger partial charge is 0.206 e. The molecule has 0 saturated carbocycles. The third kappa shape index (κ3) is 1.79. The number of ether oxygens (including phenoxy) is 1. The van der Waals surface area contributed by atoms with E-state index in [0.29, 0.717) is 17.4 Å². The number of aromatic nitrogens is 5. The first-order chi connectivity index (χ1) is 7.86. The van der Waals surface area contributed by atoms with Crippen LogP contribution >= 0.6 is 0 Å². The zero-order valence-electron chi connectivity index (χ0n) is 9.08. The van der Waals surface area contributed by atoms with Crippen LogP contribution < -0.4 is 10.1 Å². The Labute approximate surface area is 92.5 Å². The summed E-state index contributed by atoms with van der Waals surface area (Å²) in [6, 6.07) is 0. The van der Waals surface area contributed by atoms with E-state index in [2.05, 4.69) is 25.4 Å². The number of rotatable bonds is 4. The van der Waals surface area contributed by atoms with Gasteiger partial charge in [0.15, 0.2) is 5.82 Å². The van der Waals surface area contributed by atoms with Gasteiger partial charge in [-0.1, -0.05) is 0 Å². The summed E-state index contributed by atoms with van der Waals surface area (Å²) in [5.74, 6) is 1.76. The molecule has 0 saturated heterocycles. The summed E-state index contributed by atoms with van der Waals surface area (Å²) in [5.41, 5.74) is 0. The molecule has 84 valence electrons. The van der Waals surface area contributed by atoms with E-state index in [1.165, 1.54) is 17.3 Å². The number of methoxy groups -OCH3 is 1. The second-order valence-corrected chi connectivity index (χ2v) is 2.95. The zero-order valence-corrected chi connectivity index (χ0v) is 9.08. The first-order valence-electron chi connectivity index (χ1n) is 4.84. The maximum Gasteiger partial charge on any atom is 0.206 e. The maximum atomic E-state index is 5.28. The van der Waals surface area contributed by atoms with Crippen molar-refractivity contribution in [2.24, 2.45) is 0 Å². The van der Waals surface area contributed by atoms with E-state index in [9.17, 15) is 0 Å². The van der Waals surface area contributed by atoms with Crippen LogP contribution in [0.3, 0.4) is 0 Å². The Hall–Kier alpha value is -2.18. The zero-order chi connectivity index (χ0) is 11.4. The van der Waals surface area contributed by atoms with Gasteiger partial charge in [-0.15, -0.1) is 0 Å². The molecule has 0 aliphatic rings. The molecule has 7 heteroatoms. The van der Waals surface area contributed by atoms with E-state index < -0.39 is 0 Å². The van der Waals surface area contributed by atoms with Crippen molar-refractivity contribution in [3.63, 3.8) is 0 Å². The molecule has 7 nitrogen and oxygen atoms in total. The molecule has 2 rings (SSSR count). The van der Waals surface area contributed by atoms with Gasteiger partial charge >= 0.3 is 0 Å². The van der Waals surface area contributed by atoms with Gasteiger partial charge in [-0.05, 0) is 6.92 Å². The van der Waals surface area contributed by atoms with Gasteiger partial charge in [0.05, 0.1) is 7.11 Å². The molecule has 0 spiro atoms. The van der Waals surface area contributed by atoms with Crippen molar-refractivity contribution in [2.45, 2.75) is 6.92 Å². The molecule has 0 aliphatic carbocycles. The molecule has 0 radical (unpaired) electrons. The molecular formula is C9H12N6O. The second kappa shape index (κ2) is 4.56. The van der Waals surface area contributed by atoms with Crippen LogP contribution in [0.4, 0.5) is 5.82 Å². The summed E-state index contributed by atoms with van der Waals surface area (Å²) in [7, 11) is 1.57. The van der Waals surface area contributed by atoms with Gasteiger partial charge in [-0.3, -0.25) is 0 Å². The van der Waals surface area contributed by atoms with Crippen molar-refractivity contribution in [1.29, 1.82) is 0 Å². The summed E-state index contributed by atoms with van der Waals surface area (Å²) >= 11 is 0. The summed E-state index contributed by atoms with van der Waals surface area (Å²) in [6.45, 7) is 2.74. The predicted molar refractivity (Wildman–Crippen MR) is 57.7 cm³/mol. The van der Waals surface area contributed by atoms with Crippen molar-refractivity contribution in [1.82, 2.24) is 24.7 Å². The number of anilines is 1. The fraction of sp³-hybridized carbons (Fsp3) is 0.333. The molecule has 0 unspecified atom stereocenters. The highest BCUT2D eigenvalue weighted by molar-refractivity contribution is 5.57. The lowest BCUT2D eigenvalue weighted by molar-refractivity contribution is 0.409. The van der Waals surface area contributed by atoms with Crippen LogP contribution in [-0.2, 0) is 0 Å². The standard InChI is InChI=1S/C9H12N6O/c1-3-11-8-7(16-2)9(13-5-12-8)15-6-10-4-14-15/h4-6H,3H2,1-2H3,(H,11,12,13). The Morgan fingerprint density at radius 1 is 1.38 bits per heavy atom. The van der Waals surface area contributed by atoms with E-state index in [1.807, 2.05) is 6.92 Å². The van der Waals surface area contributed by atoms with Gasteiger partial charge in [0.25, 0.3) is 0 Å². The number of nitrogens with zero attached hydrogens (tertiary/aromatic N) is 5. The van der Waals surface area contributed by atoms with E-state index >= 15 is 0 Å². The number of hydrogen-bond donors (Lipinski definition) is 1. The molecule has 0 amide bonds. The summed E-state index contributed by atoms with van der Waals surface area (Å²) in [4.78, 5) is 12.1. The van der Waals surface area contributed by atoms with Crippen LogP contribution in [-0.4, -0.2) is 38.4 Å². The quantitative estimate of drug-likeness (QED) is 0.808. The molecule has 1 N–H and O–H groups in total. The van der Waals surface area contributed by atoms with Crippen molar-refractivity contribution < 1.29 is 4.74 Å². The lowest BCUT2D eigenvalue weighted by atomic mass is 10.4. The maximum absolute atomic E-state index is 5.28. The van der Waals surface area contributed by atoms with Crippen LogP contribution in [0, 0.1) is 0 Å². The van der Waals surface area contributed by atoms with Crippen LogP contribution in [0.5, 0.6) is 5.75 Å². The lowest BCUT2D eigenvalue weighted by Crippen LogP contribution is -2.08. The Kier molecular flexibility index (Phi) is 2.95. The minimum absolute atomic E-state index is 0.551. The average molecular weight is 220 g/mol. The highest BCUT2D eigenvalue weighted by Crippen LogP contribution is 2.26. The topological polar surface area (TPSA) is 77.8 Å². The van der Waals surface area contributed by atoms with Gasteiger partial charge in [-0.25, -0.2) is 15.0 Å². The number of nitrogens with one attached hydrogen (secondary N) is 1. The minimum atomic E-state index is 0.551. The van der Waals surface area contributed by atoms with Gasteiger partial charge in [0.1, 0.15) is 19.0 Å². The Morgan fingerprint density at radius 3 is 2.88 bits per heavy atom. The molecule has 2 aromatic rings. The number of hydrogen-bond acceptors (Lipinski definition) is 6. The molecule has 16 heavy (non-hydrogen) atoms. The minimum Gasteiger partial charge on any atom is -0.490 e. The SMILES string of the molecule is CCNc1ncnc(-n2cncn2)c1OC. The second-order valence-electron chi connectivity index (χ2n) is 2.95. The van der Waals surface area contributed by atoms with Gasteiger partial charge in [0, 0.05) is 6.54 Å². The molecule has 0 atom stereocenters. The molecule has 0 bridgehead atoms. The fourth-order valence-electron chi connectivity index (χ4n) is 1.33. The summed E-state index contributed by atoms with van der Waals surface area (Å²) < 4.78 is 6.81. The summed E-state index contributed by atoms with van der Waals surface area (Å²) in [5, 5.41) is 7.10. The Bertz CT molecular complexity index is 455. The Balaban J connectivity index is 2.49. The van der Waals surface area contributed by atoms with Gasteiger partial charge in [0.2, 0.25) is 11.6 Å². The predicted octanol–water partition coefficient (Wildman–Crippen LogP) is 0.498. The first kappa shape index (κ1) is 10.3. The monoisotopic (exact) mass is 220 g/mol. The fourth-order valence-corrected chi connectivity index (χ4v) is 1.33. The van der Waals surface area contributed by atoms with Crippen molar-refractivity contribution >= 4 is 5.82 Å². The molecule has 0 fully saturated rings. The third-order valence-electron chi connectivity index (χ3n) is 1.97.